The molecule has 4 rings (SSSR count). The number of halogens is 3. The Bertz CT molecular complexity index is 910. The van der Waals surface area contributed by atoms with Crippen LogP contribution < -0.4 is 4.90 Å². The Labute approximate surface area is 151 Å². The van der Waals surface area contributed by atoms with Crippen molar-refractivity contribution in [2.24, 2.45) is 11.1 Å². The molecule has 0 saturated carbocycles. The van der Waals surface area contributed by atoms with Gasteiger partial charge in [-0.3, -0.25) is 9.59 Å². The van der Waals surface area contributed by atoms with Gasteiger partial charge in [-0.1, -0.05) is 40.5 Å². The molecule has 1 saturated heterocycles. The maximum atomic E-state index is 13.1. The standard InChI is InChI=1S/C17H9Cl2FN2O3/c18-9-5-10(19)7-12(6-9)22-16(23)13-14(21-25-15(13)17(22)24)8-1-3-11(20)4-2-8/h1-7,13,15H/t13-,15+/m0/s1. The van der Waals surface area contributed by atoms with Crippen LogP contribution >= 0.6 is 23.2 Å². The molecule has 2 heterocycles. The lowest BCUT2D eigenvalue weighted by atomic mass is 9.94. The minimum atomic E-state index is -1.05. The van der Waals surface area contributed by atoms with Gasteiger partial charge in [-0.15, -0.1) is 0 Å². The summed E-state index contributed by atoms with van der Waals surface area (Å²) in [5, 5.41) is 4.46. The van der Waals surface area contributed by atoms with Gasteiger partial charge in [0.05, 0.1) is 5.69 Å². The average Bonchev–Trinajstić information content (AvgIpc) is 3.08. The number of benzene rings is 2. The van der Waals surface area contributed by atoms with Crippen molar-refractivity contribution in [3.63, 3.8) is 0 Å². The summed E-state index contributed by atoms with van der Waals surface area (Å²) in [6.07, 6.45) is -1.05. The lowest BCUT2D eigenvalue weighted by molar-refractivity contribution is -0.126. The second-order valence-corrected chi connectivity index (χ2v) is 6.50. The number of anilines is 1. The molecule has 2 aliphatic heterocycles. The fourth-order valence-electron chi connectivity index (χ4n) is 2.96. The Morgan fingerprint density at radius 2 is 1.64 bits per heavy atom. The van der Waals surface area contributed by atoms with Gasteiger partial charge in [0, 0.05) is 15.6 Å². The Morgan fingerprint density at radius 3 is 2.28 bits per heavy atom. The number of rotatable bonds is 2. The van der Waals surface area contributed by atoms with Crippen LogP contribution in [0.25, 0.3) is 0 Å². The second kappa shape index (κ2) is 5.82. The predicted octanol–water partition coefficient (Wildman–Crippen LogP) is 3.43. The molecule has 0 spiro atoms. The molecule has 2 amide bonds. The highest BCUT2D eigenvalue weighted by Crippen LogP contribution is 2.36. The number of amides is 2. The third-order valence-electron chi connectivity index (χ3n) is 4.06. The van der Waals surface area contributed by atoms with E-state index in [1.807, 2.05) is 0 Å². The molecule has 2 atom stereocenters. The number of nitrogens with zero attached hydrogens (tertiary/aromatic N) is 2. The van der Waals surface area contributed by atoms with E-state index < -0.39 is 29.7 Å². The molecule has 0 radical (unpaired) electrons. The summed E-state index contributed by atoms with van der Waals surface area (Å²) in [5.41, 5.74) is 1.07. The molecule has 25 heavy (non-hydrogen) atoms. The van der Waals surface area contributed by atoms with Crippen molar-refractivity contribution in [3.8, 4) is 0 Å². The summed E-state index contributed by atoms with van der Waals surface area (Å²) in [7, 11) is 0. The van der Waals surface area contributed by atoms with Gasteiger partial charge in [0.15, 0.2) is 0 Å². The van der Waals surface area contributed by atoms with Crippen molar-refractivity contribution in [1.82, 2.24) is 0 Å². The number of hydrogen-bond acceptors (Lipinski definition) is 4. The normalized spacial score (nSPS) is 22.0. The van der Waals surface area contributed by atoms with E-state index in [9.17, 15) is 14.0 Å². The molecule has 5 nitrogen and oxygen atoms in total. The molecule has 2 aromatic carbocycles. The van der Waals surface area contributed by atoms with Crippen LogP contribution in [0, 0.1) is 11.7 Å². The number of carbonyl (C=O) groups excluding carboxylic acids is 2. The Kier molecular flexibility index (Phi) is 3.74. The predicted molar refractivity (Wildman–Crippen MR) is 90.3 cm³/mol. The minimum Gasteiger partial charge on any atom is -0.381 e. The van der Waals surface area contributed by atoms with Crippen LogP contribution in [0.3, 0.4) is 0 Å². The van der Waals surface area contributed by atoms with Gasteiger partial charge in [-0.25, -0.2) is 9.29 Å². The third kappa shape index (κ3) is 2.58. The molecular formula is C17H9Cl2FN2O3. The fraction of sp³-hybridized carbons (Fsp3) is 0.118. The van der Waals surface area contributed by atoms with Crippen LogP contribution in [-0.4, -0.2) is 23.6 Å². The lowest BCUT2D eigenvalue weighted by Crippen LogP contribution is -2.33. The van der Waals surface area contributed by atoms with E-state index in [2.05, 4.69) is 5.16 Å². The Hall–Kier alpha value is -2.44. The van der Waals surface area contributed by atoms with Crippen LogP contribution in [-0.2, 0) is 14.4 Å². The summed E-state index contributed by atoms with van der Waals surface area (Å²) in [6, 6.07) is 9.91. The second-order valence-electron chi connectivity index (χ2n) is 5.63. The highest BCUT2D eigenvalue weighted by atomic mass is 35.5. The number of imide groups is 1. The summed E-state index contributed by atoms with van der Waals surface area (Å²) in [6.45, 7) is 0. The first kappa shape index (κ1) is 16.1. The van der Waals surface area contributed by atoms with Gasteiger partial charge in [-0.2, -0.15) is 0 Å². The molecule has 1 fully saturated rings. The number of fused-ring (bicyclic) bond motifs is 1. The van der Waals surface area contributed by atoms with Gasteiger partial charge in [0.1, 0.15) is 17.4 Å². The van der Waals surface area contributed by atoms with E-state index in [-0.39, 0.29) is 5.69 Å². The van der Waals surface area contributed by atoms with E-state index in [4.69, 9.17) is 28.0 Å². The zero-order valence-electron chi connectivity index (χ0n) is 12.4. The minimum absolute atomic E-state index is 0.268. The van der Waals surface area contributed by atoms with Crippen molar-refractivity contribution in [2.75, 3.05) is 4.90 Å². The summed E-state index contributed by atoms with van der Waals surface area (Å²) >= 11 is 11.9. The largest absolute Gasteiger partial charge is 0.381 e. The molecule has 0 unspecified atom stereocenters. The number of carbonyl (C=O) groups is 2. The number of hydrogen-bond donors (Lipinski definition) is 0. The van der Waals surface area contributed by atoms with E-state index >= 15 is 0 Å². The molecule has 0 bridgehead atoms. The zero-order chi connectivity index (χ0) is 17.7. The Morgan fingerprint density at radius 1 is 1.00 bits per heavy atom. The molecular weight excluding hydrogens is 370 g/mol. The van der Waals surface area contributed by atoms with Gasteiger partial charge in [0.2, 0.25) is 12.0 Å². The third-order valence-corrected chi connectivity index (χ3v) is 4.49. The van der Waals surface area contributed by atoms with Crippen molar-refractivity contribution >= 4 is 46.4 Å². The molecule has 0 N–H and O–H groups in total. The maximum absolute atomic E-state index is 13.1. The first-order valence-electron chi connectivity index (χ1n) is 7.29. The lowest BCUT2D eigenvalue weighted by Gasteiger charge is -2.16. The van der Waals surface area contributed by atoms with Gasteiger partial charge in [-0.05, 0) is 30.3 Å². The number of oxime groups is 1. The molecule has 0 aliphatic carbocycles. The molecule has 126 valence electrons. The van der Waals surface area contributed by atoms with Gasteiger partial charge >= 0.3 is 0 Å². The first-order chi connectivity index (χ1) is 12.0. The summed E-state index contributed by atoms with van der Waals surface area (Å²) in [4.78, 5) is 31.6. The fourth-order valence-corrected chi connectivity index (χ4v) is 3.47. The smallest absolute Gasteiger partial charge is 0.278 e. The van der Waals surface area contributed by atoms with Crippen LogP contribution in [0.4, 0.5) is 10.1 Å². The highest BCUT2D eigenvalue weighted by molar-refractivity contribution is 6.37. The van der Waals surface area contributed by atoms with Crippen molar-refractivity contribution < 1.29 is 18.8 Å². The van der Waals surface area contributed by atoms with E-state index in [1.165, 1.54) is 42.5 Å². The summed E-state index contributed by atoms with van der Waals surface area (Å²) in [5.74, 6) is -2.34. The van der Waals surface area contributed by atoms with Gasteiger partial charge < -0.3 is 4.84 Å². The van der Waals surface area contributed by atoms with E-state index in [0.717, 1.165) is 4.90 Å². The first-order valence-corrected chi connectivity index (χ1v) is 8.05. The van der Waals surface area contributed by atoms with Crippen LogP contribution in [0.2, 0.25) is 10.0 Å². The quantitative estimate of drug-likeness (QED) is 0.752. The summed E-state index contributed by atoms with van der Waals surface area (Å²) < 4.78 is 13.1. The Balaban J connectivity index is 1.72. The van der Waals surface area contributed by atoms with Crippen LogP contribution in [0.15, 0.2) is 47.6 Å². The molecule has 8 heteroatoms. The SMILES string of the molecule is O=C1[C@H]2C(c3ccc(F)cc3)=NO[C@H]2C(=O)N1c1cc(Cl)cc(Cl)c1. The maximum Gasteiger partial charge on any atom is 0.278 e. The zero-order valence-corrected chi connectivity index (χ0v) is 14.0. The van der Waals surface area contributed by atoms with Crippen molar-refractivity contribution in [1.29, 1.82) is 0 Å². The monoisotopic (exact) mass is 378 g/mol. The topological polar surface area (TPSA) is 59.0 Å². The average molecular weight is 379 g/mol. The molecule has 0 aromatic heterocycles. The van der Waals surface area contributed by atoms with Crippen molar-refractivity contribution in [3.05, 3.63) is 63.9 Å². The molecule has 2 aliphatic rings. The highest BCUT2D eigenvalue weighted by Gasteiger charge is 2.56. The molecule has 2 aromatic rings. The van der Waals surface area contributed by atoms with Crippen molar-refractivity contribution in [2.45, 2.75) is 6.10 Å². The van der Waals surface area contributed by atoms with Crippen LogP contribution in [0.5, 0.6) is 0 Å². The van der Waals surface area contributed by atoms with Crippen LogP contribution in [0.1, 0.15) is 5.56 Å². The van der Waals surface area contributed by atoms with E-state index in [1.54, 1.807) is 0 Å². The van der Waals surface area contributed by atoms with E-state index in [0.29, 0.717) is 21.3 Å². The van der Waals surface area contributed by atoms with Gasteiger partial charge in [0.25, 0.3) is 5.91 Å².